The fourth-order valence-electron chi connectivity index (χ4n) is 5.24. The van der Waals surface area contributed by atoms with Crippen molar-refractivity contribution < 1.29 is 4.79 Å². The molecule has 4 rings (SSSR count). The minimum Gasteiger partial charge on any atom is -0.354 e. The van der Waals surface area contributed by atoms with Crippen molar-refractivity contribution in [2.24, 2.45) is 11.3 Å². The molecule has 25 heavy (non-hydrogen) atoms. The smallest absolute Gasteiger partial charge is 0.227 e. The number of hydrogen-bond donors (Lipinski definition) is 2. The van der Waals surface area contributed by atoms with Crippen molar-refractivity contribution in [3.63, 3.8) is 0 Å². The van der Waals surface area contributed by atoms with Gasteiger partial charge >= 0.3 is 0 Å². The van der Waals surface area contributed by atoms with E-state index < -0.39 is 0 Å². The Morgan fingerprint density at radius 2 is 2.00 bits per heavy atom. The lowest BCUT2D eigenvalue weighted by Gasteiger charge is -2.38. The van der Waals surface area contributed by atoms with Gasteiger partial charge in [0.2, 0.25) is 5.91 Å². The lowest BCUT2D eigenvalue weighted by atomic mass is 9.67. The van der Waals surface area contributed by atoms with Crippen LogP contribution < -0.4 is 10.6 Å². The summed E-state index contributed by atoms with van der Waals surface area (Å²) in [5.74, 6) is 0.825. The predicted octanol–water partition coefficient (Wildman–Crippen LogP) is 2.72. The number of benzene rings is 1. The first-order valence-electron chi connectivity index (χ1n) is 10.1. The normalized spacial score (nSPS) is 30.8. The van der Waals surface area contributed by atoms with Gasteiger partial charge in [0.1, 0.15) is 0 Å². The van der Waals surface area contributed by atoms with Gasteiger partial charge in [-0.3, -0.25) is 9.69 Å². The van der Waals surface area contributed by atoms with Crippen molar-refractivity contribution in [3.8, 4) is 0 Å². The van der Waals surface area contributed by atoms with Gasteiger partial charge in [0.25, 0.3) is 0 Å². The molecule has 0 aromatic heterocycles. The van der Waals surface area contributed by atoms with Crippen LogP contribution in [0.1, 0.15) is 50.1 Å². The number of rotatable bonds is 5. The Hall–Kier alpha value is -1.39. The van der Waals surface area contributed by atoms with Gasteiger partial charge in [-0.15, -0.1) is 0 Å². The van der Waals surface area contributed by atoms with Crippen LogP contribution in [0.5, 0.6) is 0 Å². The molecule has 0 radical (unpaired) electrons. The van der Waals surface area contributed by atoms with E-state index in [0.717, 1.165) is 39.1 Å². The molecule has 0 spiro atoms. The topological polar surface area (TPSA) is 44.4 Å². The fraction of sp³-hybridized carbons (Fsp3) is 0.667. The molecule has 1 aliphatic carbocycles. The molecule has 4 heteroatoms. The highest BCUT2D eigenvalue weighted by Crippen LogP contribution is 2.44. The molecule has 2 aliphatic heterocycles. The molecule has 1 aromatic rings. The maximum absolute atomic E-state index is 13.2. The zero-order chi connectivity index (χ0) is 17.1. The first-order chi connectivity index (χ1) is 12.3. The van der Waals surface area contributed by atoms with Crippen molar-refractivity contribution in [2.75, 3.05) is 32.7 Å². The summed E-state index contributed by atoms with van der Waals surface area (Å²) < 4.78 is 0. The van der Waals surface area contributed by atoms with Crippen molar-refractivity contribution in [1.29, 1.82) is 0 Å². The standard InChI is InChI=1S/C21H31N3O/c25-20(21-11-5-4-10-18(21)14-22-16-21)23-15-19(24-12-6-7-13-24)17-8-2-1-3-9-17/h1-3,8-9,18-19,22H,4-7,10-16H2,(H,23,25)/t18-,19?,21+/m0/s1. The van der Waals surface area contributed by atoms with Crippen LogP contribution in [-0.4, -0.2) is 43.5 Å². The second-order valence-corrected chi connectivity index (χ2v) is 8.11. The number of nitrogens with one attached hydrogen (secondary N) is 2. The van der Waals surface area contributed by atoms with Crippen LogP contribution in [0.25, 0.3) is 0 Å². The number of fused-ring (bicyclic) bond motifs is 1. The minimum absolute atomic E-state index is 0.148. The van der Waals surface area contributed by atoms with Gasteiger partial charge in [0.15, 0.2) is 0 Å². The third kappa shape index (κ3) is 3.34. The van der Waals surface area contributed by atoms with E-state index in [0.29, 0.717) is 17.9 Å². The first kappa shape index (κ1) is 17.0. The third-order valence-electron chi connectivity index (χ3n) is 6.71. The molecular weight excluding hydrogens is 310 g/mol. The molecule has 4 nitrogen and oxygen atoms in total. The molecule has 1 unspecified atom stereocenters. The molecule has 3 fully saturated rings. The Labute approximate surface area is 151 Å². The van der Waals surface area contributed by atoms with Crippen molar-refractivity contribution in [3.05, 3.63) is 35.9 Å². The molecule has 0 bridgehead atoms. The fourth-order valence-corrected chi connectivity index (χ4v) is 5.24. The molecule has 1 saturated carbocycles. The number of carbonyl (C=O) groups excluding carboxylic acids is 1. The van der Waals surface area contributed by atoms with Gasteiger partial charge in [-0.1, -0.05) is 43.2 Å². The van der Waals surface area contributed by atoms with Crippen LogP contribution in [0, 0.1) is 11.3 Å². The second kappa shape index (κ2) is 7.46. The van der Waals surface area contributed by atoms with Crippen molar-refractivity contribution in [2.45, 2.75) is 44.6 Å². The van der Waals surface area contributed by atoms with Crippen LogP contribution in [0.15, 0.2) is 30.3 Å². The van der Waals surface area contributed by atoms with E-state index in [-0.39, 0.29) is 5.41 Å². The average molecular weight is 341 g/mol. The summed E-state index contributed by atoms with van der Waals surface area (Å²) in [6, 6.07) is 11.0. The summed E-state index contributed by atoms with van der Waals surface area (Å²) in [6.45, 7) is 4.90. The highest BCUT2D eigenvalue weighted by atomic mass is 16.2. The molecule has 2 saturated heterocycles. The zero-order valence-electron chi connectivity index (χ0n) is 15.2. The van der Waals surface area contributed by atoms with Gasteiger partial charge < -0.3 is 10.6 Å². The largest absolute Gasteiger partial charge is 0.354 e. The number of carbonyl (C=O) groups is 1. The summed E-state index contributed by atoms with van der Waals surface area (Å²) in [5, 5.41) is 6.86. The molecule has 1 aromatic carbocycles. The maximum Gasteiger partial charge on any atom is 0.227 e. The van der Waals surface area contributed by atoms with Crippen LogP contribution in [0.4, 0.5) is 0 Å². The van der Waals surface area contributed by atoms with E-state index in [1.807, 2.05) is 0 Å². The van der Waals surface area contributed by atoms with Crippen LogP contribution >= 0.6 is 0 Å². The summed E-state index contributed by atoms with van der Waals surface area (Å²) in [7, 11) is 0. The molecule has 1 amide bonds. The van der Waals surface area contributed by atoms with Gasteiger partial charge in [0.05, 0.1) is 11.5 Å². The van der Waals surface area contributed by atoms with Gasteiger partial charge in [0, 0.05) is 13.1 Å². The maximum atomic E-state index is 13.2. The lowest BCUT2D eigenvalue weighted by molar-refractivity contribution is -0.134. The Morgan fingerprint density at radius 3 is 2.80 bits per heavy atom. The van der Waals surface area contributed by atoms with E-state index >= 15 is 0 Å². The molecule has 136 valence electrons. The number of amides is 1. The van der Waals surface area contributed by atoms with E-state index in [4.69, 9.17) is 0 Å². The Bertz CT molecular complexity index is 584. The third-order valence-corrected chi connectivity index (χ3v) is 6.71. The monoisotopic (exact) mass is 341 g/mol. The van der Waals surface area contributed by atoms with Crippen LogP contribution in [0.3, 0.4) is 0 Å². The Kier molecular flexibility index (Phi) is 5.09. The quantitative estimate of drug-likeness (QED) is 0.865. The first-order valence-corrected chi connectivity index (χ1v) is 10.1. The average Bonchev–Trinajstić information content (AvgIpc) is 3.33. The van der Waals surface area contributed by atoms with Crippen LogP contribution in [0.2, 0.25) is 0 Å². The summed E-state index contributed by atoms with van der Waals surface area (Å²) >= 11 is 0. The lowest BCUT2D eigenvalue weighted by Crippen LogP contribution is -2.49. The van der Waals surface area contributed by atoms with Gasteiger partial charge in [-0.25, -0.2) is 0 Å². The molecule has 3 aliphatic rings. The number of nitrogens with zero attached hydrogens (tertiary/aromatic N) is 1. The Morgan fingerprint density at radius 1 is 1.20 bits per heavy atom. The van der Waals surface area contributed by atoms with E-state index in [2.05, 4.69) is 45.9 Å². The molecule has 3 atom stereocenters. The number of hydrogen-bond acceptors (Lipinski definition) is 3. The van der Waals surface area contributed by atoms with Crippen LogP contribution in [-0.2, 0) is 4.79 Å². The van der Waals surface area contributed by atoms with Gasteiger partial charge in [-0.05, 0) is 56.8 Å². The summed E-state index contributed by atoms with van der Waals surface area (Å²) in [6.07, 6.45) is 7.27. The molecular formula is C21H31N3O. The van der Waals surface area contributed by atoms with E-state index in [1.165, 1.54) is 37.7 Å². The second-order valence-electron chi connectivity index (χ2n) is 8.11. The van der Waals surface area contributed by atoms with Crippen molar-refractivity contribution >= 4 is 5.91 Å². The summed E-state index contributed by atoms with van der Waals surface area (Å²) in [5.41, 5.74) is 1.18. The zero-order valence-corrected chi connectivity index (χ0v) is 15.2. The van der Waals surface area contributed by atoms with Gasteiger partial charge in [-0.2, -0.15) is 0 Å². The molecule has 2 heterocycles. The molecule has 2 N–H and O–H groups in total. The van der Waals surface area contributed by atoms with Crippen molar-refractivity contribution in [1.82, 2.24) is 15.5 Å². The minimum atomic E-state index is -0.148. The van der Waals surface area contributed by atoms with E-state index in [9.17, 15) is 4.79 Å². The van der Waals surface area contributed by atoms with E-state index in [1.54, 1.807) is 0 Å². The SMILES string of the molecule is O=C(NCC(c1ccccc1)N1CCCC1)[C@@]12CCCC[C@H]1CNC2. The highest BCUT2D eigenvalue weighted by Gasteiger charge is 2.49. The predicted molar refractivity (Wildman–Crippen MR) is 100 cm³/mol. The highest BCUT2D eigenvalue weighted by molar-refractivity contribution is 5.84. The summed E-state index contributed by atoms with van der Waals surface area (Å²) in [4.78, 5) is 15.7. The number of likely N-dealkylation sites (tertiary alicyclic amines) is 1. The Balaban J connectivity index is 1.46.